The molecule has 2 N–H and O–H groups in total. The van der Waals surface area contributed by atoms with Crippen LogP contribution in [0.2, 0.25) is 0 Å². The number of nitrogens with one attached hydrogen (secondary N) is 2. The van der Waals surface area contributed by atoms with Crippen LogP contribution in [0.5, 0.6) is 0 Å². The zero-order valence-electron chi connectivity index (χ0n) is 22.9. The van der Waals surface area contributed by atoms with Crippen molar-refractivity contribution >= 4 is 22.3 Å². The molecule has 4 heteroatoms. The van der Waals surface area contributed by atoms with E-state index in [9.17, 15) is 9.59 Å². The number of ketones is 2. The van der Waals surface area contributed by atoms with Crippen LogP contribution in [0.1, 0.15) is 97.4 Å². The van der Waals surface area contributed by atoms with E-state index < -0.39 is 0 Å². The summed E-state index contributed by atoms with van der Waals surface area (Å²) in [5, 5.41) is 9.12. The largest absolute Gasteiger partial charge is 0.380 e. The first kappa shape index (κ1) is 27.6. The van der Waals surface area contributed by atoms with Crippen LogP contribution in [0.4, 0.5) is 0 Å². The molecule has 3 aromatic carbocycles. The van der Waals surface area contributed by atoms with Gasteiger partial charge in [0.05, 0.1) is 0 Å². The van der Waals surface area contributed by atoms with Gasteiger partial charge in [-0.05, 0) is 29.2 Å². The quantitative estimate of drug-likeness (QED) is 0.193. The highest BCUT2D eigenvalue weighted by atomic mass is 16.1. The van der Waals surface area contributed by atoms with E-state index >= 15 is 0 Å². The number of carbonyl (C=O) groups excluding carboxylic acids is 2. The molecule has 3 aromatic rings. The molecule has 0 amide bonds. The van der Waals surface area contributed by atoms with Crippen LogP contribution in [-0.4, -0.2) is 24.7 Å². The molecule has 38 heavy (non-hydrogen) atoms. The molecule has 0 aromatic heterocycles. The Bertz CT molecular complexity index is 1250. The molecule has 0 aliphatic heterocycles. The minimum absolute atomic E-state index is 0.0973. The lowest BCUT2D eigenvalue weighted by Gasteiger charge is -2.23. The van der Waals surface area contributed by atoms with E-state index in [-0.39, 0.29) is 11.6 Å². The van der Waals surface area contributed by atoms with Crippen molar-refractivity contribution in [1.82, 2.24) is 10.6 Å². The van der Waals surface area contributed by atoms with Crippen LogP contribution in [0.15, 0.2) is 78.1 Å². The Morgan fingerprint density at radius 3 is 1.74 bits per heavy atom. The molecule has 4 nitrogen and oxygen atoms in total. The maximum Gasteiger partial charge on any atom is 0.211 e. The maximum atomic E-state index is 13.4. The predicted octanol–water partition coefficient (Wildman–Crippen LogP) is 7.77. The molecule has 1 aliphatic rings. The summed E-state index contributed by atoms with van der Waals surface area (Å²) in [5.41, 5.74) is 3.02. The van der Waals surface area contributed by atoms with E-state index in [1.165, 1.54) is 67.7 Å². The minimum Gasteiger partial charge on any atom is -0.380 e. The topological polar surface area (TPSA) is 58.2 Å². The zero-order chi connectivity index (χ0) is 26.6. The number of allylic oxidation sites excluding steroid dienone is 2. The SMILES string of the molecule is CCCCCCCCCCCCNC1=C(NCCc2cccc3ccccc23)C(=O)c2ccccc2C1=O. The summed E-state index contributed by atoms with van der Waals surface area (Å²) in [4.78, 5) is 26.8. The number of Topliss-reactive ketones (excluding diaryl/α,β-unsaturated/α-hetero) is 2. The molecule has 0 atom stereocenters. The van der Waals surface area contributed by atoms with Gasteiger partial charge in [0.25, 0.3) is 0 Å². The standard InChI is InChI=1S/C34H42N2O2/c1-2-3-4-5-6-7-8-9-10-15-24-35-31-32(34(38)30-22-14-13-21-29(30)33(31)37)36-25-23-27-19-16-18-26-17-11-12-20-28(26)27/h11-14,16-22,35-36H,2-10,15,23-25H2,1H3. The normalized spacial score (nSPS) is 13.2. The van der Waals surface area contributed by atoms with Crippen LogP contribution in [-0.2, 0) is 6.42 Å². The third-order valence-electron chi connectivity index (χ3n) is 7.53. The minimum atomic E-state index is -0.108. The lowest BCUT2D eigenvalue weighted by atomic mass is 9.90. The molecule has 0 saturated carbocycles. The number of hydrogen-bond acceptors (Lipinski definition) is 4. The first-order chi connectivity index (χ1) is 18.7. The lowest BCUT2D eigenvalue weighted by Crippen LogP contribution is -2.37. The van der Waals surface area contributed by atoms with Crippen LogP contribution in [0.25, 0.3) is 10.8 Å². The van der Waals surface area contributed by atoms with Gasteiger partial charge in [0, 0.05) is 24.2 Å². The van der Waals surface area contributed by atoms with E-state index in [0.717, 1.165) is 19.3 Å². The van der Waals surface area contributed by atoms with Crippen molar-refractivity contribution < 1.29 is 9.59 Å². The lowest BCUT2D eigenvalue weighted by molar-refractivity contribution is 0.0962. The third-order valence-corrected chi connectivity index (χ3v) is 7.53. The van der Waals surface area contributed by atoms with Gasteiger partial charge in [-0.25, -0.2) is 0 Å². The summed E-state index contributed by atoms with van der Waals surface area (Å²) in [7, 11) is 0. The Hall–Kier alpha value is -3.40. The molecule has 4 rings (SSSR count). The van der Waals surface area contributed by atoms with Gasteiger partial charge in [-0.1, -0.05) is 131 Å². The first-order valence-corrected chi connectivity index (χ1v) is 14.6. The van der Waals surface area contributed by atoms with Gasteiger partial charge in [0.15, 0.2) is 0 Å². The molecule has 1 aliphatic carbocycles. The Morgan fingerprint density at radius 1 is 0.553 bits per heavy atom. The van der Waals surface area contributed by atoms with Crippen LogP contribution < -0.4 is 10.6 Å². The monoisotopic (exact) mass is 510 g/mol. The highest BCUT2D eigenvalue weighted by molar-refractivity contribution is 6.26. The van der Waals surface area contributed by atoms with E-state index in [4.69, 9.17) is 0 Å². The Labute approximate surface area is 227 Å². The average Bonchev–Trinajstić information content (AvgIpc) is 2.95. The van der Waals surface area contributed by atoms with Crippen molar-refractivity contribution in [3.05, 3.63) is 94.8 Å². The van der Waals surface area contributed by atoms with Gasteiger partial charge in [0.2, 0.25) is 11.6 Å². The average molecular weight is 511 g/mol. The summed E-state index contributed by atoms with van der Waals surface area (Å²) in [6.45, 7) is 3.53. The van der Waals surface area contributed by atoms with E-state index in [0.29, 0.717) is 35.6 Å². The fourth-order valence-corrected chi connectivity index (χ4v) is 5.37. The van der Waals surface area contributed by atoms with Crippen molar-refractivity contribution in [2.24, 2.45) is 0 Å². The second kappa shape index (κ2) is 14.5. The predicted molar refractivity (Wildman–Crippen MR) is 158 cm³/mol. The number of rotatable bonds is 16. The summed E-state index contributed by atoms with van der Waals surface area (Å²) in [6.07, 6.45) is 13.4. The summed E-state index contributed by atoms with van der Waals surface area (Å²) in [6, 6.07) is 21.8. The van der Waals surface area contributed by atoms with Crippen molar-refractivity contribution in [3.63, 3.8) is 0 Å². The van der Waals surface area contributed by atoms with Gasteiger partial charge >= 0.3 is 0 Å². The zero-order valence-corrected chi connectivity index (χ0v) is 22.9. The van der Waals surface area contributed by atoms with E-state index in [1.807, 2.05) is 18.2 Å². The summed E-state index contributed by atoms with van der Waals surface area (Å²) >= 11 is 0. The van der Waals surface area contributed by atoms with Gasteiger partial charge < -0.3 is 10.6 Å². The van der Waals surface area contributed by atoms with Crippen molar-refractivity contribution in [3.8, 4) is 0 Å². The highest BCUT2D eigenvalue weighted by Gasteiger charge is 2.31. The molecular weight excluding hydrogens is 468 g/mol. The van der Waals surface area contributed by atoms with Crippen LogP contribution >= 0.6 is 0 Å². The highest BCUT2D eigenvalue weighted by Crippen LogP contribution is 2.24. The second-order valence-electron chi connectivity index (χ2n) is 10.4. The molecule has 0 heterocycles. The van der Waals surface area contributed by atoms with Crippen molar-refractivity contribution in [1.29, 1.82) is 0 Å². The number of carbonyl (C=O) groups is 2. The number of benzene rings is 3. The molecule has 0 unspecified atom stereocenters. The van der Waals surface area contributed by atoms with Crippen LogP contribution in [0.3, 0.4) is 0 Å². The molecule has 200 valence electrons. The maximum absolute atomic E-state index is 13.4. The second-order valence-corrected chi connectivity index (χ2v) is 10.4. The Morgan fingerprint density at radius 2 is 1.08 bits per heavy atom. The Balaban J connectivity index is 1.34. The fraction of sp³-hybridized carbons (Fsp3) is 0.412. The molecule has 0 saturated heterocycles. The van der Waals surface area contributed by atoms with Gasteiger partial charge in [-0.15, -0.1) is 0 Å². The third kappa shape index (κ3) is 7.12. The molecule has 0 spiro atoms. The van der Waals surface area contributed by atoms with Crippen molar-refractivity contribution in [2.75, 3.05) is 13.1 Å². The Kier molecular flexibility index (Phi) is 10.6. The van der Waals surface area contributed by atoms with Crippen molar-refractivity contribution in [2.45, 2.75) is 77.6 Å². The molecule has 0 bridgehead atoms. The fourth-order valence-electron chi connectivity index (χ4n) is 5.37. The number of unbranched alkanes of at least 4 members (excludes halogenated alkanes) is 9. The van der Waals surface area contributed by atoms with Crippen LogP contribution in [0, 0.1) is 0 Å². The van der Waals surface area contributed by atoms with E-state index in [2.05, 4.69) is 54.0 Å². The van der Waals surface area contributed by atoms with Gasteiger partial charge in [0.1, 0.15) is 11.4 Å². The molecule has 0 fully saturated rings. The molecule has 0 radical (unpaired) electrons. The van der Waals surface area contributed by atoms with Gasteiger partial charge in [-0.2, -0.15) is 0 Å². The van der Waals surface area contributed by atoms with Gasteiger partial charge in [-0.3, -0.25) is 9.59 Å². The molecular formula is C34H42N2O2. The number of hydrogen-bond donors (Lipinski definition) is 2. The summed E-state index contributed by atoms with van der Waals surface area (Å²) < 4.78 is 0. The first-order valence-electron chi connectivity index (χ1n) is 14.6. The smallest absolute Gasteiger partial charge is 0.211 e. The number of fused-ring (bicyclic) bond motifs is 2. The van der Waals surface area contributed by atoms with E-state index in [1.54, 1.807) is 12.1 Å². The summed E-state index contributed by atoms with van der Waals surface area (Å²) in [5.74, 6) is -0.205.